The van der Waals surface area contributed by atoms with Gasteiger partial charge in [-0.2, -0.15) is 0 Å². The summed E-state index contributed by atoms with van der Waals surface area (Å²) in [5.74, 6) is -0.520. The molecule has 1 aliphatic heterocycles. The average Bonchev–Trinajstić information content (AvgIpc) is 3.13. The van der Waals surface area contributed by atoms with Gasteiger partial charge in [-0.15, -0.1) is 0 Å². The van der Waals surface area contributed by atoms with E-state index in [-0.39, 0.29) is 0 Å². The van der Waals surface area contributed by atoms with Crippen molar-refractivity contribution in [3.8, 4) is 0 Å². The predicted octanol–water partition coefficient (Wildman–Crippen LogP) is 3.29. The maximum atomic E-state index is 11.2. The van der Waals surface area contributed by atoms with Crippen LogP contribution in [0, 0.1) is 0 Å². The molecule has 2 heterocycles. The lowest BCUT2D eigenvalue weighted by Crippen LogP contribution is -2.32. The molecule has 1 aliphatic rings. The monoisotopic (exact) mass is 361 g/mol. The second-order valence-corrected chi connectivity index (χ2v) is 6.97. The number of aromatic amines is 1. The van der Waals surface area contributed by atoms with E-state index >= 15 is 0 Å². The van der Waals surface area contributed by atoms with Gasteiger partial charge < -0.3 is 4.98 Å². The molecule has 5 heteroatoms. The van der Waals surface area contributed by atoms with Gasteiger partial charge >= 0.3 is 0 Å². The third kappa shape index (κ3) is 3.94. The van der Waals surface area contributed by atoms with E-state index in [1.165, 1.54) is 33.7 Å². The third-order valence-corrected chi connectivity index (χ3v) is 5.23. The largest absolute Gasteiger partial charge is 0.361 e. The first-order chi connectivity index (χ1) is 13.2. The summed E-state index contributed by atoms with van der Waals surface area (Å²) in [4.78, 5) is 17.0. The lowest BCUT2D eigenvalue weighted by Gasteiger charge is -2.29. The average molecular weight is 361 g/mol. The Morgan fingerprint density at radius 1 is 1.22 bits per heavy atom. The van der Waals surface area contributed by atoms with Crippen molar-refractivity contribution in [1.82, 2.24) is 15.4 Å². The summed E-state index contributed by atoms with van der Waals surface area (Å²) in [6.45, 7) is 3.01. The summed E-state index contributed by atoms with van der Waals surface area (Å²) in [5, 5.41) is 9.89. The standard InChI is InChI=1S/C22H23N3O2/c26-22(24-27)8-6-16-5-7-17-9-11-25(15-19(17)13-16)12-10-18-14-23-21-4-2-1-3-20(18)21/h1-8,13-14,23,27H,9-12,15H2,(H,24,26). The molecule has 0 unspecified atom stereocenters. The van der Waals surface area contributed by atoms with E-state index in [0.29, 0.717) is 0 Å². The van der Waals surface area contributed by atoms with E-state index in [1.54, 1.807) is 11.6 Å². The molecule has 0 saturated heterocycles. The maximum absolute atomic E-state index is 11.2. The molecule has 0 fully saturated rings. The quantitative estimate of drug-likeness (QED) is 0.371. The number of benzene rings is 2. The van der Waals surface area contributed by atoms with Crippen molar-refractivity contribution in [1.29, 1.82) is 0 Å². The molecule has 3 N–H and O–H groups in total. The number of carbonyl (C=O) groups is 1. The third-order valence-electron chi connectivity index (χ3n) is 5.23. The molecule has 0 radical (unpaired) electrons. The highest BCUT2D eigenvalue weighted by Gasteiger charge is 2.16. The van der Waals surface area contributed by atoms with Gasteiger partial charge in [0.1, 0.15) is 0 Å². The van der Waals surface area contributed by atoms with Crippen molar-refractivity contribution in [2.24, 2.45) is 0 Å². The van der Waals surface area contributed by atoms with E-state index in [9.17, 15) is 4.79 Å². The molecule has 5 nitrogen and oxygen atoms in total. The number of carbonyl (C=O) groups excluding carboxylic acids is 1. The molecule has 2 aromatic carbocycles. The van der Waals surface area contributed by atoms with Crippen LogP contribution < -0.4 is 5.48 Å². The molecule has 0 saturated carbocycles. The second-order valence-electron chi connectivity index (χ2n) is 6.97. The number of hydrogen-bond donors (Lipinski definition) is 3. The van der Waals surface area contributed by atoms with Gasteiger partial charge in [0.2, 0.25) is 0 Å². The summed E-state index contributed by atoms with van der Waals surface area (Å²) in [6.07, 6.45) is 7.24. The molecule has 4 rings (SSSR count). The van der Waals surface area contributed by atoms with Gasteiger partial charge in [-0.3, -0.25) is 14.9 Å². The Bertz CT molecular complexity index is 990. The molecule has 3 aromatic rings. The number of para-hydroxylation sites is 1. The highest BCUT2D eigenvalue weighted by Crippen LogP contribution is 2.23. The molecular weight excluding hydrogens is 338 g/mol. The Kier molecular flexibility index (Phi) is 5.05. The van der Waals surface area contributed by atoms with Gasteiger partial charge in [0.15, 0.2) is 0 Å². The molecule has 0 aliphatic carbocycles. The number of nitrogens with one attached hydrogen (secondary N) is 2. The van der Waals surface area contributed by atoms with Crippen molar-refractivity contribution in [2.45, 2.75) is 19.4 Å². The zero-order valence-electron chi connectivity index (χ0n) is 15.1. The van der Waals surface area contributed by atoms with Gasteiger partial charge in [-0.1, -0.05) is 36.4 Å². The highest BCUT2D eigenvalue weighted by molar-refractivity contribution is 5.90. The number of fused-ring (bicyclic) bond motifs is 2. The molecule has 1 amide bonds. The lowest BCUT2D eigenvalue weighted by molar-refractivity contribution is -0.124. The number of hydrogen-bond acceptors (Lipinski definition) is 3. The number of amides is 1. The summed E-state index contributed by atoms with van der Waals surface area (Å²) >= 11 is 0. The highest BCUT2D eigenvalue weighted by atomic mass is 16.5. The van der Waals surface area contributed by atoms with Gasteiger partial charge in [0.25, 0.3) is 5.91 Å². The summed E-state index contributed by atoms with van der Waals surface area (Å²) in [6, 6.07) is 14.7. The maximum Gasteiger partial charge on any atom is 0.267 e. The van der Waals surface area contributed by atoms with Gasteiger partial charge in [0, 0.05) is 42.8 Å². The van der Waals surface area contributed by atoms with Gasteiger partial charge in [-0.05, 0) is 47.2 Å². The van der Waals surface area contributed by atoms with E-state index in [2.05, 4.69) is 52.5 Å². The van der Waals surface area contributed by atoms with Gasteiger partial charge in [0.05, 0.1) is 0 Å². The van der Waals surface area contributed by atoms with Crippen LogP contribution in [0.4, 0.5) is 0 Å². The number of nitrogens with zero attached hydrogens (tertiary/aromatic N) is 1. The number of hydroxylamine groups is 1. The molecular formula is C22H23N3O2. The van der Waals surface area contributed by atoms with Crippen LogP contribution in [-0.4, -0.2) is 34.1 Å². The fourth-order valence-electron chi connectivity index (χ4n) is 3.76. The van der Waals surface area contributed by atoms with Crippen molar-refractivity contribution in [3.63, 3.8) is 0 Å². The Morgan fingerprint density at radius 3 is 3.00 bits per heavy atom. The van der Waals surface area contributed by atoms with Crippen LogP contribution in [-0.2, 0) is 24.2 Å². The summed E-state index contributed by atoms with van der Waals surface area (Å²) in [7, 11) is 0. The van der Waals surface area contributed by atoms with E-state index < -0.39 is 5.91 Å². The first kappa shape index (κ1) is 17.5. The van der Waals surface area contributed by atoms with Crippen molar-refractivity contribution < 1.29 is 10.0 Å². The number of aromatic nitrogens is 1. The lowest BCUT2D eigenvalue weighted by atomic mass is 9.97. The predicted molar refractivity (Wildman–Crippen MR) is 106 cm³/mol. The smallest absolute Gasteiger partial charge is 0.267 e. The van der Waals surface area contributed by atoms with Crippen molar-refractivity contribution in [3.05, 3.63) is 77.0 Å². The Labute approximate surface area is 158 Å². The van der Waals surface area contributed by atoms with Crippen LogP contribution in [0.5, 0.6) is 0 Å². The number of H-pyrrole nitrogens is 1. The SMILES string of the molecule is O=C(C=Cc1ccc2c(c1)CN(CCc1c[nH]c3ccccc13)CC2)NO. The van der Waals surface area contributed by atoms with Crippen LogP contribution in [0.2, 0.25) is 0 Å². The van der Waals surface area contributed by atoms with Crippen molar-refractivity contribution >= 4 is 22.9 Å². The molecule has 27 heavy (non-hydrogen) atoms. The second kappa shape index (κ2) is 7.78. The normalized spacial score (nSPS) is 14.6. The number of rotatable bonds is 5. The Morgan fingerprint density at radius 2 is 2.11 bits per heavy atom. The van der Waals surface area contributed by atoms with Gasteiger partial charge in [-0.25, -0.2) is 5.48 Å². The fourth-order valence-corrected chi connectivity index (χ4v) is 3.76. The molecule has 1 aromatic heterocycles. The first-order valence-corrected chi connectivity index (χ1v) is 9.24. The topological polar surface area (TPSA) is 68.4 Å². The molecule has 0 atom stereocenters. The van der Waals surface area contributed by atoms with E-state index in [1.807, 2.05) is 6.07 Å². The Hall–Kier alpha value is -2.89. The zero-order chi connectivity index (χ0) is 18.6. The molecule has 0 bridgehead atoms. The van der Waals surface area contributed by atoms with Crippen LogP contribution in [0.1, 0.15) is 22.3 Å². The minimum Gasteiger partial charge on any atom is -0.361 e. The van der Waals surface area contributed by atoms with E-state index in [0.717, 1.165) is 38.0 Å². The minimum atomic E-state index is -0.520. The van der Waals surface area contributed by atoms with E-state index in [4.69, 9.17) is 5.21 Å². The van der Waals surface area contributed by atoms with Crippen LogP contribution in [0.15, 0.2) is 54.7 Å². The van der Waals surface area contributed by atoms with Crippen LogP contribution >= 0.6 is 0 Å². The molecule has 0 spiro atoms. The first-order valence-electron chi connectivity index (χ1n) is 9.24. The Balaban J connectivity index is 1.43. The summed E-state index contributed by atoms with van der Waals surface area (Å²) in [5.41, 5.74) is 7.83. The van der Waals surface area contributed by atoms with Crippen LogP contribution in [0.25, 0.3) is 17.0 Å². The van der Waals surface area contributed by atoms with Crippen LogP contribution in [0.3, 0.4) is 0 Å². The molecule has 138 valence electrons. The minimum absolute atomic E-state index is 0.520. The zero-order valence-corrected chi connectivity index (χ0v) is 15.1. The fraction of sp³-hybridized carbons (Fsp3) is 0.227. The van der Waals surface area contributed by atoms with Crippen molar-refractivity contribution in [2.75, 3.05) is 13.1 Å². The summed E-state index contributed by atoms with van der Waals surface area (Å²) < 4.78 is 0.